The number of pyridine rings is 2. The van der Waals surface area contributed by atoms with Crippen molar-refractivity contribution in [3.05, 3.63) is 78.1 Å². The first-order valence-corrected chi connectivity index (χ1v) is 11.1. The van der Waals surface area contributed by atoms with Crippen molar-refractivity contribution in [2.75, 3.05) is 11.8 Å². The van der Waals surface area contributed by atoms with Crippen molar-refractivity contribution in [1.82, 2.24) is 9.97 Å². The Morgan fingerprint density at radius 1 is 1.03 bits per heavy atom. The number of aromatic nitrogens is 2. The van der Waals surface area contributed by atoms with Gasteiger partial charge in [-0.15, -0.1) is 0 Å². The first-order valence-electron chi connectivity index (χ1n) is 10.3. The van der Waals surface area contributed by atoms with Crippen LogP contribution in [0.2, 0.25) is 0 Å². The molecule has 4 rings (SSSR count). The molecule has 172 valence electrons. The second-order valence-electron chi connectivity index (χ2n) is 7.96. The maximum Gasteiger partial charge on any atom is 0.237 e. The first kappa shape index (κ1) is 23.5. The Morgan fingerprint density at radius 2 is 1.85 bits per heavy atom. The number of hydrogen-bond donors (Lipinski definition) is 2. The Morgan fingerprint density at radius 3 is 2.59 bits per heavy atom. The molecule has 0 amide bonds. The van der Waals surface area contributed by atoms with Gasteiger partial charge < -0.3 is 14.6 Å². The minimum Gasteiger partial charge on any atom is -0.480 e. The van der Waals surface area contributed by atoms with Crippen molar-refractivity contribution < 1.29 is 18.6 Å². The van der Waals surface area contributed by atoms with Gasteiger partial charge in [-0.1, -0.05) is 17.9 Å². The van der Waals surface area contributed by atoms with Crippen LogP contribution < -0.4 is 9.46 Å². The molecule has 4 aromatic rings. The summed E-state index contributed by atoms with van der Waals surface area (Å²) in [6.45, 7) is 3.25. The summed E-state index contributed by atoms with van der Waals surface area (Å²) in [7, 11) is 1.49. The molecular formula is C26H21F2N3O2S. The fourth-order valence-corrected chi connectivity index (χ4v) is 3.83. The lowest BCUT2D eigenvalue weighted by atomic mass is 10.0. The number of hydrogen-bond acceptors (Lipinski definition) is 6. The lowest BCUT2D eigenvalue weighted by molar-refractivity contribution is 0.143. The monoisotopic (exact) mass is 477 g/mol. The smallest absolute Gasteiger partial charge is 0.237 e. The van der Waals surface area contributed by atoms with E-state index in [1.807, 2.05) is 24.3 Å². The average molecular weight is 478 g/mol. The third-order valence-electron chi connectivity index (χ3n) is 4.79. The number of halogens is 2. The summed E-state index contributed by atoms with van der Waals surface area (Å²) in [6.07, 6.45) is 3.35. The van der Waals surface area contributed by atoms with Crippen LogP contribution in [0.4, 0.5) is 14.5 Å². The van der Waals surface area contributed by atoms with Crippen LogP contribution in [0.25, 0.3) is 22.0 Å². The maximum absolute atomic E-state index is 14.0. The van der Waals surface area contributed by atoms with Gasteiger partial charge in [0.15, 0.2) is 0 Å². The molecule has 0 radical (unpaired) electrons. The Labute approximate surface area is 200 Å². The highest BCUT2D eigenvalue weighted by Gasteiger charge is 2.12. The first-order chi connectivity index (χ1) is 16.2. The molecule has 0 unspecified atom stereocenters. The molecule has 0 fully saturated rings. The molecule has 5 nitrogen and oxygen atoms in total. The Bertz CT molecular complexity index is 1430. The van der Waals surface area contributed by atoms with E-state index in [-0.39, 0.29) is 4.90 Å². The van der Waals surface area contributed by atoms with Crippen LogP contribution >= 0.6 is 11.9 Å². The molecule has 0 aliphatic rings. The highest BCUT2D eigenvalue weighted by molar-refractivity contribution is 8.00. The molecule has 2 aromatic carbocycles. The maximum atomic E-state index is 14.0. The molecule has 0 saturated carbocycles. The van der Waals surface area contributed by atoms with Gasteiger partial charge in [0.1, 0.15) is 22.9 Å². The fraction of sp³-hybridized carbons (Fsp3) is 0.154. The zero-order chi connectivity index (χ0) is 24.3. The minimum absolute atomic E-state index is 0.237. The number of nitrogens with one attached hydrogen (secondary N) is 1. The summed E-state index contributed by atoms with van der Waals surface area (Å²) in [4.78, 5) is 9.00. The number of fused-ring (bicyclic) bond motifs is 1. The van der Waals surface area contributed by atoms with E-state index < -0.39 is 17.2 Å². The molecule has 0 saturated heterocycles. The second-order valence-corrected chi connectivity index (χ2v) is 8.81. The lowest BCUT2D eigenvalue weighted by Gasteiger charge is -2.12. The van der Waals surface area contributed by atoms with Crippen LogP contribution in [0.5, 0.6) is 5.88 Å². The predicted molar refractivity (Wildman–Crippen MR) is 131 cm³/mol. The van der Waals surface area contributed by atoms with Gasteiger partial charge in [-0.3, -0.25) is 4.98 Å². The van der Waals surface area contributed by atoms with Gasteiger partial charge >= 0.3 is 0 Å². The van der Waals surface area contributed by atoms with Gasteiger partial charge in [0.2, 0.25) is 5.88 Å². The van der Waals surface area contributed by atoms with Crippen molar-refractivity contribution in [2.24, 2.45) is 0 Å². The molecule has 8 heteroatoms. The molecule has 0 bridgehead atoms. The Kier molecular flexibility index (Phi) is 6.68. The molecule has 2 aromatic heterocycles. The van der Waals surface area contributed by atoms with Gasteiger partial charge in [0.25, 0.3) is 0 Å². The van der Waals surface area contributed by atoms with Gasteiger partial charge in [-0.05, 0) is 67.8 Å². The third kappa shape index (κ3) is 5.45. The van der Waals surface area contributed by atoms with E-state index in [2.05, 4.69) is 26.5 Å². The minimum atomic E-state index is -1.12. The average Bonchev–Trinajstić information content (AvgIpc) is 2.81. The number of rotatable bonds is 5. The van der Waals surface area contributed by atoms with E-state index in [0.717, 1.165) is 45.6 Å². The molecule has 0 atom stereocenters. The predicted octanol–water partition coefficient (Wildman–Crippen LogP) is 5.83. The second kappa shape index (κ2) is 9.67. The molecule has 2 N–H and O–H groups in total. The van der Waals surface area contributed by atoms with Crippen LogP contribution in [0.15, 0.2) is 65.8 Å². The number of ether oxygens (including phenoxy) is 1. The van der Waals surface area contributed by atoms with Crippen LogP contribution in [0.1, 0.15) is 19.4 Å². The van der Waals surface area contributed by atoms with Gasteiger partial charge in [-0.25, -0.2) is 13.8 Å². The molecule has 0 aliphatic heterocycles. The Balaban J connectivity index is 1.70. The summed E-state index contributed by atoms with van der Waals surface area (Å²) in [6, 6.07) is 12.8. The highest BCUT2D eigenvalue weighted by atomic mass is 32.2. The topological polar surface area (TPSA) is 67.3 Å². The lowest BCUT2D eigenvalue weighted by Crippen LogP contribution is -2.14. The molecule has 34 heavy (non-hydrogen) atoms. The van der Waals surface area contributed by atoms with Crippen molar-refractivity contribution in [3.8, 4) is 28.8 Å². The van der Waals surface area contributed by atoms with Crippen LogP contribution in [-0.2, 0) is 0 Å². The number of aliphatic hydroxyl groups is 1. The normalized spacial score (nSPS) is 11.1. The number of benzene rings is 2. The Hall–Kier alpha value is -3.67. The summed E-state index contributed by atoms with van der Waals surface area (Å²) >= 11 is 0.993. The highest BCUT2D eigenvalue weighted by Crippen LogP contribution is 2.33. The SMILES string of the molecule is COc1ncc(-c2ccc3nccc(C#CC(C)(C)O)c3c2)cc1NSc1ccc(F)cc1F. The van der Waals surface area contributed by atoms with E-state index in [4.69, 9.17) is 4.74 Å². The van der Waals surface area contributed by atoms with Crippen molar-refractivity contribution in [3.63, 3.8) is 0 Å². The van der Waals surface area contributed by atoms with Crippen LogP contribution in [-0.4, -0.2) is 27.8 Å². The van der Waals surface area contributed by atoms with Crippen molar-refractivity contribution in [2.45, 2.75) is 24.3 Å². The summed E-state index contributed by atoms with van der Waals surface area (Å²) < 4.78 is 35.6. The number of anilines is 1. The fourth-order valence-electron chi connectivity index (χ4n) is 3.17. The zero-order valence-electron chi connectivity index (χ0n) is 18.7. The molecular weight excluding hydrogens is 456 g/mol. The standard InChI is InChI=1S/C26H21F2N3O2S/c1-26(2,32)10-8-16-9-11-29-22-6-4-17(12-20(16)22)18-13-23(25(33-3)30-15-18)31-34-24-7-5-19(27)14-21(24)28/h4-7,9,11-15,31-32H,1-3H3. The van der Waals surface area contributed by atoms with Crippen LogP contribution in [0, 0.1) is 23.5 Å². The van der Waals surface area contributed by atoms with Crippen molar-refractivity contribution >= 4 is 28.5 Å². The largest absolute Gasteiger partial charge is 0.480 e. The summed E-state index contributed by atoms with van der Waals surface area (Å²) in [5.41, 5.74) is 2.58. The van der Waals surface area contributed by atoms with E-state index >= 15 is 0 Å². The van der Waals surface area contributed by atoms with E-state index in [1.54, 1.807) is 32.3 Å². The number of methoxy groups -OCH3 is 1. The quantitative estimate of drug-likeness (QED) is 0.279. The number of nitrogens with zero attached hydrogens (tertiary/aromatic N) is 2. The van der Waals surface area contributed by atoms with E-state index in [9.17, 15) is 13.9 Å². The third-order valence-corrected chi connectivity index (χ3v) is 5.66. The summed E-state index contributed by atoms with van der Waals surface area (Å²) in [5.74, 6) is 4.89. The van der Waals surface area contributed by atoms with Gasteiger partial charge in [0.05, 0.1) is 17.5 Å². The van der Waals surface area contributed by atoms with Crippen LogP contribution in [0.3, 0.4) is 0 Å². The van der Waals surface area contributed by atoms with Gasteiger partial charge in [-0.2, -0.15) is 0 Å². The van der Waals surface area contributed by atoms with E-state index in [1.165, 1.54) is 19.2 Å². The molecule has 0 spiro atoms. The molecule has 0 aliphatic carbocycles. The zero-order valence-corrected chi connectivity index (χ0v) is 19.5. The van der Waals surface area contributed by atoms with E-state index in [0.29, 0.717) is 11.6 Å². The van der Waals surface area contributed by atoms with Gasteiger partial charge in [0, 0.05) is 35.0 Å². The summed E-state index contributed by atoms with van der Waals surface area (Å²) in [5, 5.41) is 10.8. The molecule has 2 heterocycles. The van der Waals surface area contributed by atoms with Crippen molar-refractivity contribution in [1.29, 1.82) is 0 Å².